The minimum Gasteiger partial charge on any atom is -0.338 e. The minimum atomic E-state index is 0.163. The molecule has 4 heteroatoms. The Bertz CT molecular complexity index is 603. The molecule has 1 aromatic carbocycles. The lowest BCUT2D eigenvalue weighted by Gasteiger charge is -2.33. The molecule has 0 saturated carbocycles. The van der Waals surface area contributed by atoms with Crippen molar-refractivity contribution in [2.24, 2.45) is 0 Å². The fourth-order valence-corrected chi connectivity index (χ4v) is 3.71. The van der Waals surface area contributed by atoms with Crippen LogP contribution in [0.15, 0.2) is 58.6 Å². The van der Waals surface area contributed by atoms with Gasteiger partial charge in [-0.25, -0.2) is 4.98 Å². The fourth-order valence-electron chi connectivity index (χ4n) is 2.76. The lowest BCUT2D eigenvalue weighted by atomic mass is 9.97. The molecule has 0 bridgehead atoms. The van der Waals surface area contributed by atoms with Gasteiger partial charge in [-0.15, -0.1) is 0 Å². The van der Waals surface area contributed by atoms with Gasteiger partial charge in [0.05, 0.1) is 6.04 Å². The standard InChI is InChI=1S/C17H18N2OS/c20-13-19-12-5-4-10-16(19)15-9-6-11-18-17(15)21-14-7-2-1-3-8-14/h1-3,6-9,11,13,16H,4-5,10,12H2/t16-/m1/s1. The van der Waals surface area contributed by atoms with Gasteiger partial charge in [0.25, 0.3) is 0 Å². The maximum atomic E-state index is 11.3. The van der Waals surface area contributed by atoms with Gasteiger partial charge in [0.15, 0.2) is 0 Å². The molecule has 1 saturated heterocycles. The molecular weight excluding hydrogens is 280 g/mol. The normalized spacial score (nSPS) is 18.5. The topological polar surface area (TPSA) is 33.2 Å². The molecule has 21 heavy (non-hydrogen) atoms. The van der Waals surface area contributed by atoms with Gasteiger partial charge in [0.2, 0.25) is 6.41 Å². The summed E-state index contributed by atoms with van der Waals surface area (Å²) in [6.07, 6.45) is 6.08. The largest absolute Gasteiger partial charge is 0.338 e. The van der Waals surface area contributed by atoms with Gasteiger partial charge in [-0.3, -0.25) is 4.79 Å². The Morgan fingerprint density at radius 2 is 2.00 bits per heavy atom. The maximum Gasteiger partial charge on any atom is 0.210 e. The predicted octanol–water partition coefficient (Wildman–Crippen LogP) is 3.92. The predicted molar refractivity (Wildman–Crippen MR) is 84.2 cm³/mol. The number of carbonyl (C=O) groups excluding carboxylic acids is 1. The number of pyridine rings is 1. The Morgan fingerprint density at radius 3 is 2.81 bits per heavy atom. The van der Waals surface area contributed by atoms with Crippen molar-refractivity contribution in [3.05, 3.63) is 54.2 Å². The van der Waals surface area contributed by atoms with E-state index in [-0.39, 0.29) is 6.04 Å². The third-order valence-electron chi connectivity index (χ3n) is 3.80. The van der Waals surface area contributed by atoms with Crippen LogP contribution in [-0.2, 0) is 4.79 Å². The molecule has 1 fully saturated rings. The van der Waals surface area contributed by atoms with Crippen molar-refractivity contribution in [2.75, 3.05) is 6.54 Å². The molecule has 0 spiro atoms. The van der Waals surface area contributed by atoms with Crippen LogP contribution in [0.4, 0.5) is 0 Å². The first-order valence-electron chi connectivity index (χ1n) is 7.27. The summed E-state index contributed by atoms with van der Waals surface area (Å²) in [6, 6.07) is 14.5. The van der Waals surface area contributed by atoms with Gasteiger partial charge in [0, 0.05) is 23.2 Å². The fraction of sp³-hybridized carbons (Fsp3) is 0.294. The van der Waals surface area contributed by atoms with E-state index in [1.165, 1.54) is 11.3 Å². The lowest BCUT2D eigenvalue weighted by molar-refractivity contribution is -0.121. The summed E-state index contributed by atoms with van der Waals surface area (Å²) in [7, 11) is 0. The summed E-state index contributed by atoms with van der Waals surface area (Å²) in [5.41, 5.74) is 1.16. The number of aromatic nitrogens is 1. The Morgan fingerprint density at radius 1 is 1.14 bits per heavy atom. The molecule has 0 aliphatic carbocycles. The third kappa shape index (κ3) is 3.27. The van der Waals surface area contributed by atoms with E-state index in [2.05, 4.69) is 23.2 Å². The van der Waals surface area contributed by atoms with E-state index in [0.717, 1.165) is 36.4 Å². The first-order valence-corrected chi connectivity index (χ1v) is 8.09. The molecule has 108 valence electrons. The SMILES string of the molecule is O=CN1CCCC[C@@H]1c1cccnc1Sc1ccccc1. The van der Waals surface area contributed by atoms with E-state index in [1.54, 1.807) is 11.8 Å². The van der Waals surface area contributed by atoms with Crippen LogP contribution in [-0.4, -0.2) is 22.8 Å². The highest BCUT2D eigenvalue weighted by Crippen LogP contribution is 2.37. The second kappa shape index (κ2) is 6.76. The molecule has 0 radical (unpaired) electrons. The van der Waals surface area contributed by atoms with Gasteiger partial charge >= 0.3 is 0 Å². The molecule has 2 heterocycles. The van der Waals surface area contributed by atoms with E-state index in [1.807, 2.05) is 35.4 Å². The van der Waals surface area contributed by atoms with Crippen LogP contribution in [0, 0.1) is 0 Å². The van der Waals surface area contributed by atoms with Crippen LogP contribution in [0.1, 0.15) is 30.9 Å². The summed E-state index contributed by atoms with van der Waals surface area (Å²) < 4.78 is 0. The van der Waals surface area contributed by atoms with Crippen LogP contribution in [0.3, 0.4) is 0 Å². The van der Waals surface area contributed by atoms with Gasteiger partial charge < -0.3 is 4.90 Å². The van der Waals surface area contributed by atoms with Crippen molar-refractivity contribution in [1.29, 1.82) is 0 Å². The summed E-state index contributed by atoms with van der Waals surface area (Å²) in [4.78, 5) is 18.9. The van der Waals surface area contributed by atoms with Crippen LogP contribution in [0.2, 0.25) is 0 Å². The summed E-state index contributed by atoms with van der Waals surface area (Å²) in [5, 5.41) is 1.00. The van der Waals surface area contributed by atoms with Gasteiger partial charge in [-0.2, -0.15) is 0 Å². The smallest absolute Gasteiger partial charge is 0.210 e. The number of benzene rings is 1. The van der Waals surface area contributed by atoms with Crippen LogP contribution in [0.5, 0.6) is 0 Å². The highest BCUT2D eigenvalue weighted by molar-refractivity contribution is 7.99. The molecule has 0 N–H and O–H groups in total. The van der Waals surface area contributed by atoms with E-state index < -0.39 is 0 Å². The maximum absolute atomic E-state index is 11.3. The second-order valence-corrected chi connectivity index (χ2v) is 6.23. The van der Waals surface area contributed by atoms with E-state index in [4.69, 9.17) is 0 Å². The molecule has 2 aromatic rings. The van der Waals surface area contributed by atoms with Crippen molar-refractivity contribution in [3.8, 4) is 0 Å². The monoisotopic (exact) mass is 298 g/mol. The minimum absolute atomic E-state index is 0.163. The molecule has 3 rings (SSSR count). The number of nitrogens with zero attached hydrogens (tertiary/aromatic N) is 2. The number of hydrogen-bond acceptors (Lipinski definition) is 3. The summed E-state index contributed by atoms with van der Waals surface area (Å²) >= 11 is 1.67. The zero-order chi connectivity index (χ0) is 14.5. The first-order chi connectivity index (χ1) is 10.4. The average molecular weight is 298 g/mol. The van der Waals surface area contributed by atoms with Gasteiger partial charge in [0.1, 0.15) is 5.03 Å². The number of likely N-dealkylation sites (tertiary alicyclic amines) is 1. The molecule has 0 unspecified atom stereocenters. The van der Waals surface area contributed by atoms with Crippen molar-refractivity contribution < 1.29 is 4.79 Å². The molecule has 1 aliphatic rings. The van der Waals surface area contributed by atoms with Crippen LogP contribution in [0.25, 0.3) is 0 Å². The summed E-state index contributed by atoms with van der Waals surface area (Å²) in [6.45, 7) is 0.846. The Hall–Kier alpha value is -1.81. The molecule has 1 aromatic heterocycles. The molecule has 1 aliphatic heterocycles. The van der Waals surface area contributed by atoms with E-state index in [0.29, 0.717) is 0 Å². The molecular formula is C17H18N2OS. The zero-order valence-corrected chi connectivity index (χ0v) is 12.6. The van der Waals surface area contributed by atoms with Crippen LogP contribution < -0.4 is 0 Å². The quantitative estimate of drug-likeness (QED) is 0.802. The van der Waals surface area contributed by atoms with Crippen molar-refractivity contribution in [2.45, 2.75) is 35.2 Å². The Balaban J connectivity index is 1.90. The zero-order valence-electron chi connectivity index (χ0n) is 11.8. The molecule has 1 amide bonds. The highest BCUT2D eigenvalue weighted by Gasteiger charge is 2.25. The van der Waals surface area contributed by atoms with E-state index >= 15 is 0 Å². The second-order valence-electron chi connectivity index (χ2n) is 5.17. The Labute approximate surface area is 129 Å². The van der Waals surface area contributed by atoms with Gasteiger partial charge in [-0.1, -0.05) is 36.0 Å². The van der Waals surface area contributed by atoms with Crippen LogP contribution >= 0.6 is 11.8 Å². The highest BCUT2D eigenvalue weighted by atomic mass is 32.2. The van der Waals surface area contributed by atoms with Gasteiger partial charge in [-0.05, 0) is 37.5 Å². The number of carbonyl (C=O) groups is 1. The van der Waals surface area contributed by atoms with Crippen molar-refractivity contribution >= 4 is 18.2 Å². The molecule has 1 atom stereocenters. The van der Waals surface area contributed by atoms with E-state index in [9.17, 15) is 4.79 Å². The number of hydrogen-bond donors (Lipinski definition) is 0. The molecule has 3 nitrogen and oxygen atoms in total. The average Bonchev–Trinajstić information content (AvgIpc) is 2.56. The Kier molecular flexibility index (Phi) is 4.55. The third-order valence-corrected chi connectivity index (χ3v) is 4.84. The lowest BCUT2D eigenvalue weighted by Crippen LogP contribution is -2.32. The van der Waals surface area contributed by atoms with Crippen molar-refractivity contribution in [3.63, 3.8) is 0 Å². The number of rotatable bonds is 4. The van der Waals surface area contributed by atoms with Crippen molar-refractivity contribution in [1.82, 2.24) is 9.88 Å². The number of piperidine rings is 1. The number of amides is 1. The summed E-state index contributed by atoms with van der Waals surface area (Å²) in [5.74, 6) is 0. The first kappa shape index (κ1) is 14.1.